The molecule has 1 N–H and O–H groups in total. The summed E-state index contributed by atoms with van der Waals surface area (Å²) in [5.41, 5.74) is 7.00. The number of hydrogen-bond acceptors (Lipinski definition) is 2. The smallest absolute Gasteiger partial charge is 0.259 e. The molecule has 24 heavy (non-hydrogen) atoms. The predicted octanol–water partition coefficient (Wildman–Crippen LogP) is 4.05. The number of fused-ring (bicyclic) bond motifs is 1. The molecular weight excluding hydrogens is 298 g/mol. The van der Waals surface area contributed by atoms with Crippen LogP contribution in [0.3, 0.4) is 0 Å². The molecule has 0 saturated carbocycles. The number of nitrogens with one attached hydrogen (secondary N) is 1. The monoisotopic (exact) mass is 321 g/mol. The zero-order valence-corrected chi connectivity index (χ0v) is 14.2. The van der Waals surface area contributed by atoms with Gasteiger partial charge in [-0.05, 0) is 55.7 Å². The minimum Gasteiger partial charge on any atom is -0.338 e. The average Bonchev–Trinajstić information content (AvgIpc) is 2.97. The molecule has 1 aliphatic carbocycles. The highest BCUT2D eigenvalue weighted by atomic mass is 16.2. The van der Waals surface area contributed by atoms with Crippen molar-refractivity contribution < 1.29 is 4.79 Å². The third kappa shape index (κ3) is 3.48. The maximum Gasteiger partial charge on any atom is 0.259 e. The Balaban J connectivity index is 1.67. The number of para-hydroxylation sites is 1. The SMILES string of the molecule is C=C(C)C1CC=C(C)/C(=N\NC(=O)Cn2ccc3ccccc32)C1. The summed E-state index contributed by atoms with van der Waals surface area (Å²) in [5, 5.41) is 5.48. The fourth-order valence-electron chi connectivity index (χ4n) is 3.02. The van der Waals surface area contributed by atoms with Crippen molar-refractivity contribution in [1.82, 2.24) is 9.99 Å². The third-order valence-electron chi connectivity index (χ3n) is 4.61. The fourth-order valence-corrected chi connectivity index (χ4v) is 3.02. The van der Waals surface area contributed by atoms with Gasteiger partial charge in [-0.3, -0.25) is 4.79 Å². The molecule has 1 heterocycles. The van der Waals surface area contributed by atoms with E-state index >= 15 is 0 Å². The molecule has 4 nitrogen and oxygen atoms in total. The molecule has 1 unspecified atom stereocenters. The number of allylic oxidation sites excluding steroid dienone is 3. The zero-order valence-electron chi connectivity index (χ0n) is 14.2. The van der Waals surface area contributed by atoms with E-state index in [1.54, 1.807) is 0 Å². The standard InChI is InChI=1S/C20H23N3O/c1-14(2)17-9-8-15(3)18(12-17)21-22-20(24)13-23-11-10-16-6-4-5-7-19(16)23/h4-8,10-11,17H,1,9,12-13H2,2-3H3,(H,22,24)/b21-18-. The van der Waals surface area contributed by atoms with E-state index in [1.165, 1.54) is 0 Å². The van der Waals surface area contributed by atoms with Crippen LogP contribution in [0.4, 0.5) is 0 Å². The molecule has 1 amide bonds. The fraction of sp³-hybridized carbons (Fsp3) is 0.300. The molecule has 0 bridgehead atoms. The van der Waals surface area contributed by atoms with Crippen LogP contribution in [0, 0.1) is 5.92 Å². The van der Waals surface area contributed by atoms with Crippen LogP contribution in [0.25, 0.3) is 10.9 Å². The van der Waals surface area contributed by atoms with Crippen molar-refractivity contribution in [2.24, 2.45) is 11.0 Å². The van der Waals surface area contributed by atoms with Gasteiger partial charge in [0.05, 0.1) is 5.71 Å². The van der Waals surface area contributed by atoms with E-state index in [4.69, 9.17) is 0 Å². The second-order valence-electron chi connectivity index (χ2n) is 6.47. The molecule has 0 saturated heterocycles. The maximum absolute atomic E-state index is 12.2. The average molecular weight is 321 g/mol. The molecule has 124 valence electrons. The third-order valence-corrected chi connectivity index (χ3v) is 4.61. The number of rotatable bonds is 4. The lowest BCUT2D eigenvalue weighted by Gasteiger charge is -2.22. The van der Waals surface area contributed by atoms with Crippen LogP contribution >= 0.6 is 0 Å². The largest absolute Gasteiger partial charge is 0.338 e. The lowest BCUT2D eigenvalue weighted by molar-refractivity contribution is -0.121. The van der Waals surface area contributed by atoms with Gasteiger partial charge in [0.15, 0.2) is 0 Å². The lowest BCUT2D eigenvalue weighted by atomic mass is 9.85. The Kier molecular flexibility index (Phi) is 4.65. The van der Waals surface area contributed by atoms with Gasteiger partial charge in [-0.2, -0.15) is 5.10 Å². The summed E-state index contributed by atoms with van der Waals surface area (Å²) in [6, 6.07) is 10.0. The Morgan fingerprint density at radius 3 is 2.96 bits per heavy atom. The summed E-state index contributed by atoms with van der Waals surface area (Å²) in [6.45, 7) is 8.39. The van der Waals surface area contributed by atoms with Crippen LogP contribution in [-0.4, -0.2) is 16.2 Å². The second-order valence-corrected chi connectivity index (χ2v) is 6.47. The quantitative estimate of drug-likeness (QED) is 0.670. The summed E-state index contributed by atoms with van der Waals surface area (Å²) in [6.07, 6.45) is 5.95. The van der Waals surface area contributed by atoms with Gasteiger partial charge in [-0.1, -0.05) is 36.4 Å². The number of carbonyl (C=O) groups excluding carboxylic acids is 1. The summed E-state index contributed by atoms with van der Waals surface area (Å²) in [4.78, 5) is 12.2. The van der Waals surface area contributed by atoms with Crippen molar-refractivity contribution in [2.45, 2.75) is 33.2 Å². The highest BCUT2D eigenvalue weighted by Gasteiger charge is 2.18. The van der Waals surface area contributed by atoms with Crippen LogP contribution in [0.5, 0.6) is 0 Å². The lowest BCUT2D eigenvalue weighted by Crippen LogP contribution is -2.26. The first-order chi connectivity index (χ1) is 11.5. The van der Waals surface area contributed by atoms with Crippen molar-refractivity contribution in [3.8, 4) is 0 Å². The Hall–Kier alpha value is -2.62. The molecule has 0 radical (unpaired) electrons. The summed E-state index contributed by atoms with van der Waals surface area (Å²) < 4.78 is 1.94. The van der Waals surface area contributed by atoms with Gasteiger partial charge in [-0.15, -0.1) is 0 Å². The van der Waals surface area contributed by atoms with Gasteiger partial charge in [0.1, 0.15) is 6.54 Å². The van der Waals surface area contributed by atoms with Crippen LogP contribution < -0.4 is 5.43 Å². The number of aromatic nitrogens is 1. The Labute approximate surface area is 142 Å². The zero-order chi connectivity index (χ0) is 17.1. The maximum atomic E-state index is 12.2. The molecule has 2 aromatic rings. The number of carbonyl (C=O) groups is 1. The van der Waals surface area contributed by atoms with Gasteiger partial charge in [0.2, 0.25) is 0 Å². The van der Waals surface area contributed by atoms with Crippen LogP contribution in [0.1, 0.15) is 26.7 Å². The summed E-state index contributed by atoms with van der Waals surface area (Å²) in [7, 11) is 0. The molecule has 0 aliphatic heterocycles. The minimum absolute atomic E-state index is 0.117. The number of benzene rings is 1. The van der Waals surface area contributed by atoms with Gasteiger partial charge in [0, 0.05) is 11.7 Å². The van der Waals surface area contributed by atoms with Crippen LogP contribution in [-0.2, 0) is 11.3 Å². The molecule has 1 atom stereocenters. The van der Waals surface area contributed by atoms with Gasteiger partial charge in [-0.25, -0.2) is 5.43 Å². The van der Waals surface area contributed by atoms with Crippen molar-refractivity contribution in [3.05, 3.63) is 60.3 Å². The number of amides is 1. The van der Waals surface area contributed by atoms with E-state index in [1.807, 2.05) is 54.9 Å². The predicted molar refractivity (Wildman–Crippen MR) is 98.8 cm³/mol. The van der Waals surface area contributed by atoms with E-state index < -0.39 is 0 Å². The van der Waals surface area contributed by atoms with E-state index in [2.05, 4.69) is 23.2 Å². The molecule has 0 fully saturated rings. The number of nitrogens with zero attached hydrogens (tertiary/aromatic N) is 2. The molecular formula is C20H23N3O. The molecule has 1 aliphatic rings. The normalized spacial score (nSPS) is 19.3. The number of hydrogen-bond donors (Lipinski definition) is 1. The summed E-state index contributed by atoms with van der Waals surface area (Å²) in [5.74, 6) is 0.298. The van der Waals surface area contributed by atoms with Crippen molar-refractivity contribution in [1.29, 1.82) is 0 Å². The first-order valence-electron chi connectivity index (χ1n) is 8.26. The molecule has 4 heteroatoms. The Bertz CT molecular complexity index is 841. The van der Waals surface area contributed by atoms with Crippen molar-refractivity contribution in [2.75, 3.05) is 0 Å². The van der Waals surface area contributed by atoms with E-state index in [0.717, 1.165) is 40.6 Å². The first kappa shape index (κ1) is 16.2. The topological polar surface area (TPSA) is 46.4 Å². The van der Waals surface area contributed by atoms with E-state index in [0.29, 0.717) is 5.92 Å². The highest BCUT2D eigenvalue weighted by molar-refractivity contribution is 6.01. The first-order valence-corrected chi connectivity index (χ1v) is 8.26. The second kappa shape index (κ2) is 6.87. The molecule has 1 aromatic carbocycles. The highest BCUT2D eigenvalue weighted by Crippen LogP contribution is 2.26. The molecule has 1 aromatic heterocycles. The molecule has 0 spiro atoms. The van der Waals surface area contributed by atoms with Gasteiger partial charge < -0.3 is 4.57 Å². The van der Waals surface area contributed by atoms with Gasteiger partial charge >= 0.3 is 0 Å². The Morgan fingerprint density at radius 1 is 1.38 bits per heavy atom. The Morgan fingerprint density at radius 2 is 2.17 bits per heavy atom. The van der Waals surface area contributed by atoms with E-state index in [9.17, 15) is 4.79 Å². The number of hydrazone groups is 1. The molecule has 3 rings (SSSR count). The van der Waals surface area contributed by atoms with E-state index in [-0.39, 0.29) is 12.5 Å². The van der Waals surface area contributed by atoms with Crippen LogP contribution in [0.15, 0.2) is 65.4 Å². The van der Waals surface area contributed by atoms with Crippen molar-refractivity contribution >= 4 is 22.5 Å². The van der Waals surface area contributed by atoms with Crippen LogP contribution in [0.2, 0.25) is 0 Å². The van der Waals surface area contributed by atoms with Gasteiger partial charge in [0.25, 0.3) is 5.91 Å². The summed E-state index contributed by atoms with van der Waals surface area (Å²) >= 11 is 0. The van der Waals surface area contributed by atoms with Crippen molar-refractivity contribution in [3.63, 3.8) is 0 Å². The minimum atomic E-state index is -0.117.